The van der Waals surface area contributed by atoms with Crippen LogP contribution >= 0.6 is 0 Å². The molecular formula is C21H26N2O. The second-order valence-electron chi connectivity index (χ2n) is 6.69. The highest BCUT2D eigenvalue weighted by molar-refractivity contribution is 5.92. The van der Waals surface area contributed by atoms with Gasteiger partial charge in [0, 0.05) is 12.2 Å². The largest absolute Gasteiger partial charge is 0.326 e. The van der Waals surface area contributed by atoms with E-state index >= 15 is 0 Å². The lowest BCUT2D eigenvalue weighted by molar-refractivity contribution is -0.115. The molecule has 0 unspecified atom stereocenters. The van der Waals surface area contributed by atoms with Crippen molar-refractivity contribution in [2.24, 2.45) is 0 Å². The minimum atomic E-state index is 0.0353. The Balaban J connectivity index is 1.53. The summed E-state index contributed by atoms with van der Waals surface area (Å²) >= 11 is 0. The van der Waals surface area contributed by atoms with Crippen LogP contribution in [-0.2, 0) is 17.8 Å². The van der Waals surface area contributed by atoms with Crippen molar-refractivity contribution >= 4 is 11.6 Å². The number of nitrogens with zero attached hydrogens (tertiary/aromatic N) is 1. The Kier molecular flexibility index (Phi) is 5.65. The van der Waals surface area contributed by atoms with Crippen molar-refractivity contribution in [2.45, 2.75) is 39.2 Å². The van der Waals surface area contributed by atoms with Gasteiger partial charge in [-0.2, -0.15) is 0 Å². The fourth-order valence-corrected chi connectivity index (χ4v) is 3.26. The first-order valence-electron chi connectivity index (χ1n) is 8.86. The van der Waals surface area contributed by atoms with Crippen molar-refractivity contribution in [2.75, 3.05) is 18.4 Å². The molecule has 0 aliphatic carbocycles. The average molecular weight is 322 g/mol. The molecule has 24 heavy (non-hydrogen) atoms. The molecule has 1 aliphatic heterocycles. The lowest BCUT2D eigenvalue weighted by Gasteiger charge is -2.26. The topological polar surface area (TPSA) is 32.3 Å². The van der Waals surface area contributed by atoms with Gasteiger partial charge in [0.1, 0.15) is 0 Å². The maximum absolute atomic E-state index is 12.2. The lowest BCUT2D eigenvalue weighted by Crippen LogP contribution is -2.29. The summed E-state index contributed by atoms with van der Waals surface area (Å²) in [5.74, 6) is 0.0353. The van der Waals surface area contributed by atoms with E-state index in [9.17, 15) is 4.79 Å². The first-order chi connectivity index (χ1) is 11.7. The van der Waals surface area contributed by atoms with Crippen molar-refractivity contribution in [1.29, 1.82) is 0 Å². The van der Waals surface area contributed by atoms with Crippen LogP contribution in [0.3, 0.4) is 0 Å². The van der Waals surface area contributed by atoms with Crippen LogP contribution in [0.25, 0.3) is 0 Å². The van der Waals surface area contributed by atoms with Gasteiger partial charge in [-0.25, -0.2) is 0 Å². The number of carbonyl (C=O) groups excluding carboxylic acids is 1. The highest BCUT2D eigenvalue weighted by Crippen LogP contribution is 2.16. The molecule has 1 heterocycles. The van der Waals surface area contributed by atoms with Crippen molar-refractivity contribution in [3.05, 3.63) is 65.2 Å². The number of hydrogen-bond donors (Lipinski definition) is 1. The second-order valence-corrected chi connectivity index (χ2v) is 6.69. The number of benzene rings is 2. The first-order valence-corrected chi connectivity index (χ1v) is 8.86. The number of likely N-dealkylation sites (tertiary alicyclic amines) is 1. The van der Waals surface area contributed by atoms with E-state index in [0.717, 1.165) is 23.4 Å². The molecule has 3 heteroatoms. The van der Waals surface area contributed by atoms with E-state index in [2.05, 4.69) is 22.3 Å². The first kappa shape index (κ1) is 16.7. The normalized spacial score (nSPS) is 15.2. The van der Waals surface area contributed by atoms with E-state index in [0.29, 0.717) is 6.42 Å². The highest BCUT2D eigenvalue weighted by atomic mass is 16.1. The third-order valence-corrected chi connectivity index (χ3v) is 4.70. The Labute approximate surface area is 144 Å². The number of nitrogens with one attached hydrogen (secondary N) is 1. The molecular weight excluding hydrogens is 296 g/mol. The van der Waals surface area contributed by atoms with Gasteiger partial charge in [-0.05, 0) is 61.7 Å². The van der Waals surface area contributed by atoms with Crippen molar-refractivity contribution < 1.29 is 4.79 Å². The molecule has 2 aromatic rings. The molecule has 0 saturated carbocycles. The van der Waals surface area contributed by atoms with E-state index in [1.54, 1.807) is 0 Å². The molecule has 126 valence electrons. The summed E-state index contributed by atoms with van der Waals surface area (Å²) in [6.45, 7) is 5.46. The Morgan fingerprint density at radius 1 is 1.00 bits per heavy atom. The van der Waals surface area contributed by atoms with Crippen LogP contribution in [0.4, 0.5) is 5.69 Å². The molecule has 1 aliphatic rings. The van der Waals surface area contributed by atoms with Crippen molar-refractivity contribution in [3.63, 3.8) is 0 Å². The van der Waals surface area contributed by atoms with Gasteiger partial charge < -0.3 is 5.32 Å². The molecule has 1 saturated heterocycles. The van der Waals surface area contributed by atoms with Gasteiger partial charge in [0.2, 0.25) is 5.91 Å². The van der Waals surface area contributed by atoms with E-state index in [1.165, 1.54) is 37.9 Å². The number of piperidine rings is 1. The summed E-state index contributed by atoms with van der Waals surface area (Å²) in [5, 5.41) is 3.00. The Morgan fingerprint density at radius 3 is 2.42 bits per heavy atom. The van der Waals surface area contributed by atoms with Gasteiger partial charge in [-0.1, -0.05) is 42.8 Å². The summed E-state index contributed by atoms with van der Waals surface area (Å²) in [4.78, 5) is 14.7. The molecule has 0 bridgehead atoms. The third kappa shape index (κ3) is 4.68. The third-order valence-electron chi connectivity index (χ3n) is 4.70. The molecule has 3 nitrogen and oxygen atoms in total. The standard InChI is InChI=1S/C21H26N2O/c1-17-7-3-4-8-19(17)15-21(24)22-20-11-9-18(10-12-20)16-23-13-5-2-6-14-23/h3-4,7-12H,2,5-6,13-16H2,1H3,(H,22,24). The predicted molar refractivity (Wildman–Crippen MR) is 99.1 cm³/mol. The summed E-state index contributed by atoms with van der Waals surface area (Å²) < 4.78 is 0. The van der Waals surface area contributed by atoms with E-state index in [-0.39, 0.29) is 5.91 Å². The summed E-state index contributed by atoms with van der Waals surface area (Å²) in [5.41, 5.74) is 4.42. The van der Waals surface area contributed by atoms with Crippen LogP contribution in [0.2, 0.25) is 0 Å². The molecule has 0 spiro atoms. The van der Waals surface area contributed by atoms with Crippen LogP contribution in [0.15, 0.2) is 48.5 Å². The minimum absolute atomic E-state index is 0.0353. The monoisotopic (exact) mass is 322 g/mol. The molecule has 0 radical (unpaired) electrons. The average Bonchev–Trinajstić information content (AvgIpc) is 2.60. The van der Waals surface area contributed by atoms with Gasteiger partial charge in [-0.3, -0.25) is 9.69 Å². The zero-order chi connectivity index (χ0) is 16.8. The number of amides is 1. The molecule has 3 rings (SSSR count). The van der Waals surface area contributed by atoms with Crippen molar-refractivity contribution in [3.8, 4) is 0 Å². The second kappa shape index (κ2) is 8.11. The van der Waals surface area contributed by atoms with Gasteiger partial charge in [-0.15, -0.1) is 0 Å². The van der Waals surface area contributed by atoms with Crippen LogP contribution in [0, 0.1) is 6.92 Å². The smallest absolute Gasteiger partial charge is 0.228 e. The number of rotatable bonds is 5. The van der Waals surface area contributed by atoms with Crippen LogP contribution in [-0.4, -0.2) is 23.9 Å². The molecule has 2 aromatic carbocycles. The maximum atomic E-state index is 12.2. The zero-order valence-electron chi connectivity index (χ0n) is 14.4. The lowest BCUT2D eigenvalue weighted by atomic mass is 10.1. The Hall–Kier alpha value is -2.13. The summed E-state index contributed by atoms with van der Waals surface area (Å²) in [6, 6.07) is 16.3. The van der Waals surface area contributed by atoms with Gasteiger partial charge in [0.05, 0.1) is 6.42 Å². The van der Waals surface area contributed by atoms with E-state index in [1.807, 2.05) is 43.3 Å². The Bertz CT molecular complexity index is 672. The molecule has 1 N–H and O–H groups in total. The number of aryl methyl sites for hydroxylation is 1. The van der Waals surface area contributed by atoms with Gasteiger partial charge in [0.25, 0.3) is 0 Å². The molecule has 1 fully saturated rings. The minimum Gasteiger partial charge on any atom is -0.326 e. The molecule has 0 aromatic heterocycles. The fraction of sp³-hybridized carbons (Fsp3) is 0.381. The predicted octanol–water partition coefficient (Wildman–Crippen LogP) is 4.16. The fourth-order valence-electron chi connectivity index (χ4n) is 3.26. The maximum Gasteiger partial charge on any atom is 0.228 e. The summed E-state index contributed by atoms with van der Waals surface area (Å²) in [6.07, 6.45) is 4.41. The van der Waals surface area contributed by atoms with E-state index in [4.69, 9.17) is 0 Å². The molecule has 1 amide bonds. The summed E-state index contributed by atoms with van der Waals surface area (Å²) in [7, 11) is 0. The van der Waals surface area contributed by atoms with Gasteiger partial charge >= 0.3 is 0 Å². The Morgan fingerprint density at radius 2 is 1.71 bits per heavy atom. The number of anilines is 1. The van der Waals surface area contributed by atoms with Gasteiger partial charge in [0.15, 0.2) is 0 Å². The zero-order valence-corrected chi connectivity index (χ0v) is 14.4. The molecule has 0 atom stereocenters. The highest BCUT2D eigenvalue weighted by Gasteiger charge is 2.10. The SMILES string of the molecule is Cc1ccccc1CC(=O)Nc1ccc(CN2CCCCC2)cc1. The van der Waals surface area contributed by atoms with E-state index < -0.39 is 0 Å². The van der Waals surface area contributed by atoms with Crippen LogP contribution in [0.5, 0.6) is 0 Å². The number of carbonyl (C=O) groups is 1. The van der Waals surface area contributed by atoms with Crippen LogP contribution < -0.4 is 5.32 Å². The quantitative estimate of drug-likeness (QED) is 0.896. The van der Waals surface area contributed by atoms with Crippen molar-refractivity contribution in [1.82, 2.24) is 4.90 Å². The number of hydrogen-bond acceptors (Lipinski definition) is 2. The van der Waals surface area contributed by atoms with Crippen LogP contribution in [0.1, 0.15) is 36.0 Å².